The van der Waals surface area contributed by atoms with Crippen molar-refractivity contribution >= 4 is 5.97 Å². The van der Waals surface area contributed by atoms with E-state index in [0.29, 0.717) is 18.6 Å². The van der Waals surface area contributed by atoms with E-state index in [-0.39, 0.29) is 11.1 Å². The summed E-state index contributed by atoms with van der Waals surface area (Å²) in [4.78, 5) is 11.7. The van der Waals surface area contributed by atoms with E-state index < -0.39 is 23.8 Å². The van der Waals surface area contributed by atoms with Crippen LogP contribution >= 0.6 is 0 Å². The Labute approximate surface area is 137 Å². The van der Waals surface area contributed by atoms with Gasteiger partial charge in [0.25, 0.3) is 0 Å². The summed E-state index contributed by atoms with van der Waals surface area (Å²) in [5.74, 6) is -0.536. The van der Waals surface area contributed by atoms with Crippen LogP contribution < -0.4 is 0 Å². The lowest BCUT2D eigenvalue weighted by Crippen LogP contribution is -2.21. The highest BCUT2D eigenvalue weighted by atomic mass is 19.4. The summed E-state index contributed by atoms with van der Waals surface area (Å²) in [6.45, 7) is 0.321. The lowest BCUT2D eigenvalue weighted by atomic mass is 9.89. The van der Waals surface area contributed by atoms with E-state index in [9.17, 15) is 18.0 Å². The number of carbonyl (C=O) groups is 1. The molecule has 126 valence electrons. The minimum absolute atomic E-state index is 0.0490. The molecular weight excluding hydrogens is 321 g/mol. The van der Waals surface area contributed by atoms with Gasteiger partial charge in [0.05, 0.1) is 24.8 Å². The molecule has 0 radical (unpaired) electrons. The second-order valence-corrected chi connectivity index (χ2v) is 5.49. The van der Waals surface area contributed by atoms with Crippen molar-refractivity contribution in [3.8, 4) is 0 Å². The zero-order valence-electron chi connectivity index (χ0n) is 12.9. The van der Waals surface area contributed by atoms with Gasteiger partial charge in [0, 0.05) is 0 Å². The van der Waals surface area contributed by atoms with Gasteiger partial charge in [0.1, 0.15) is 6.10 Å². The average molecular weight is 336 g/mol. The Morgan fingerprint density at radius 2 is 1.92 bits per heavy atom. The predicted octanol–water partition coefficient (Wildman–Crippen LogP) is 4.15. The molecule has 0 spiro atoms. The predicted molar refractivity (Wildman–Crippen MR) is 80.7 cm³/mol. The third-order valence-electron chi connectivity index (χ3n) is 4.05. The van der Waals surface area contributed by atoms with Gasteiger partial charge >= 0.3 is 12.1 Å². The molecule has 0 saturated heterocycles. The molecule has 0 saturated carbocycles. The van der Waals surface area contributed by atoms with E-state index in [1.165, 1.54) is 19.2 Å². The highest BCUT2D eigenvalue weighted by Gasteiger charge is 2.37. The van der Waals surface area contributed by atoms with Crippen molar-refractivity contribution in [3.05, 3.63) is 70.3 Å². The van der Waals surface area contributed by atoms with E-state index in [1.54, 1.807) is 24.3 Å². The Balaban J connectivity index is 2.12. The van der Waals surface area contributed by atoms with Crippen LogP contribution in [0.3, 0.4) is 0 Å². The molecule has 0 N–H and O–H groups in total. The molecule has 0 fully saturated rings. The number of methoxy groups -OCH3 is 1. The first-order chi connectivity index (χ1) is 11.4. The van der Waals surface area contributed by atoms with E-state index in [2.05, 4.69) is 4.74 Å². The number of esters is 1. The van der Waals surface area contributed by atoms with Gasteiger partial charge in [-0.3, -0.25) is 0 Å². The third-order valence-corrected chi connectivity index (χ3v) is 4.05. The number of carbonyl (C=O) groups excluding carboxylic acids is 1. The van der Waals surface area contributed by atoms with Gasteiger partial charge in [0.15, 0.2) is 0 Å². The maximum absolute atomic E-state index is 13.3. The molecule has 2 aromatic rings. The van der Waals surface area contributed by atoms with Crippen molar-refractivity contribution < 1.29 is 27.4 Å². The quantitative estimate of drug-likeness (QED) is 0.773. The van der Waals surface area contributed by atoms with Gasteiger partial charge < -0.3 is 9.47 Å². The van der Waals surface area contributed by atoms with Crippen LogP contribution in [0, 0.1) is 0 Å². The van der Waals surface area contributed by atoms with E-state index >= 15 is 0 Å². The summed E-state index contributed by atoms with van der Waals surface area (Å²) in [7, 11) is 1.26. The molecule has 2 aromatic carbocycles. The standard InChI is InChI=1S/C18H15F3O3/c1-23-17(22)12-7-6-11-8-9-24-16(14(11)10-12)13-4-2-3-5-15(13)18(19,20)21/h2-7,10,16H,8-9H2,1H3. The minimum atomic E-state index is -4.47. The van der Waals surface area contributed by atoms with Crippen LogP contribution in [-0.2, 0) is 22.1 Å². The maximum atomic E-state index is 13.3. The van der Waals surface area contributed by atoms with Gasteiger partial charge in [-0.2, -0.15) is 13.2 Å². The van der Waals surface area contributed by atoms with Crippen LogP contribution in [0.25, 0.3) is 0 Å². The number of hydrogen-bond donors (Lipinski definition) is 0. The SMILES string of the molecule is COC(=O)c1ccc2c(c1)C(c1ccccc1C(F)(F)F)OCC2. The van der Waals surface area contributed by atoms with Crippen molar-refractivity contribution in [2.45, 2.75) is 18.7 Å². The van der Waals surface area contributed by atoms with E-state index in [0.717, 1.165) is 11.6 Å². The van der Waals surface area contributed by atoms with Crippen molar-refractivity contribution in [2.24, 2.45) is 0 Å². The molecule has 1 aliphatic rings. The number of fused-ring (bicyclic) bond motifs is 1. The lowest BCUT2D eigenvalue weighted by Gasteiger charge is -2.28. The molecule has 3 rings (SSSR count). The summed E-state index contributed by atoms with van der Waals surface area (Å²) in [5, 5.41) is 0. The summed E-state index contributed by atoms with van der Waals surface area (Å²) in [6.07, 6.45) is -4.75. The molecule has 1 unspecified atom stereocenters. The van der Waals surface area contributed by atoms with Gasteiger partial charge in [-0.25, -0.2) is 4.79 Å². The van der Waals surface area contributed by atoms with Crippen molar-refractivity contribution in [3.63, 3.8) is 0 Å². The molecule has 1 aliphatic heterocycles. The molecule has 1 heterocycles. The van der Waals surface area contributed by atoms with Crippen LogP contribution in [-0.4, -0.2) is 19.7 Å². The van der Waals surface area contributed by atoms with Crippen LogP contribution in [0.2, 0.25) is 0 Å². The summed E-state index contributed by atoms with van der Waals surface area (Å²) in [5.41, 5.74) is 1.05. The normalized spacial score (nSPS) is 17.2. The van der Waals surface area contributed by atoms with Gasteiger partial charge in [-0.1, -0.05) is 24.3 Å². The van der Waals surface area contributed by atoms with Gasteiger partial charge in [-0.05, 0) is 41.3 Å². The molecule has 0 aromatic heterocycles. The summed E-state index contributed by atoms with van der Waals surface area (Å²) >= 11 is 0. The summed E-state index contributed by atoms with van der Waals surface area (Å²) < 4.78 is 50.3. The second kappa shape index (κ2) is 6.28. The number of rotatable bonds is 2. The number of benzene rings is 2. The van der Waals surface area contributed by atoms with Crippen molar-refractivity contribution in [1.29, 1.82) is 0 Å². The van der Waals surface area contributed by atoms with Gasteiger partial charge in [-0.15, -0.1) is 0 Å². The highest BCUT2D eigenvalue weighted by molar-refractivity contribution is 5.89. The Hall–Kier alpha value is -2.34. The molecule has 6 heteroatoms. The fourth-order valence-corrected chi connectivity index (χ4v) is 2.93. The number of ether oxygens (including phenoxy) is 2. The third kappa shape index (κ3) is 3.01. The number of alkyl halides is 3. The molecule has 1 atom stereocenters. The number of halogens is 3. The fourth-order valence-electron chi connectivity index (χ4n) is 2.93. The van der Waals surface area contributed by atoms with E-state index in [4.69, 9.17) is 4.74 Å². The minimum Gasteiger partial charge on any atom is -0.465 e. The molecular formula is C18H15F3O3. The summed E-state index contributed by atoms with van der Waals surface area (Å²) in [6, 6.07) is 10.3. The number of hydrogen-bond acceptors (Lipinski definition) is 3. The van der Waals surface area contributed by atoms with Crippen molar-refractivity contribution in [2.75, 3.05) is 13.7 Å². The Bertz CT molecular complexity index is 768. The smallest absolute Gasteiger partial charge is 0.416 e. The average Bonchev–Trinajstić information content (AvgIpc) is 2.59. The highest BCUT2D eigenvalue weighted by Crippen LogP contribution is 2.40. The Morgan fingerprint density at radius 3 is 2.62 bits per heavy atom. The van der Waals surface area contributed by atoms with Gasteiger partial charge in [0.2, 0.25) is 0 Å². The van der Waals surface area contributed by atoms with Crippen LogP contribution in [0.15, 0.2) is 42.5 Å². The topological polar surface area (TPSA) is 35.5 Å². The Morgan fingerprint density at radius 1 is 1.17 bits per heavy atom. The molecule has 3 nitrogen and oxygen atoms in total. The zero-order chi connectivity index (χ0) is 17.3. The fraction of sp³-hybridized carbons (Fsp3) is 0.278. The molecule has 0 bridgehead atoms. The van der Waals surface area contributed by atoms with E-state index in [1.807, 2.05) is 0 Å². The molecule has 24 heavy (non-hydrogen) atoms. The first-order valence-electron chi connectivity index (χ1n) is 7.40. The largest absolute Gasteiger partial charge is 0.465 e. The first-order valence-corrected chi connectivity index (χ1v) is 7.40. The zero-order valence-corrected chi connectivity index (χ0v) is 12.9. The van der Waals surface area contributed by atoms with Crippen LogP contribution in [0.1, 0.15) is 38.7 Å². The monoisotopic (exact) mass is 336 g/mol. The van der Waals surface area contributed by atoms with Crippen molar-refractivity contribution in [1.82, 2.24) is 0 Å². The van der Waals surface area contributed by atoms with Crippen LogP contribution in [0.5, 0.6) is 0 Å². The lowest BCUT2D eigenvalue weighted by molar-refractivity contribution is -0.139. The first kappa shape index (κ1) is 16.5. The Kier molecular flexibility index (Phi) is 4.32. The second-order valence-electron chi connectivity index (χ2n) is 5.49. The molecule has 0 amide bonds. The maximum Gasteiger partial charge on any atom is 0.416 e. The molecule has 0 aliphatic carbocycles. The van der Waals surface area contributed by atoms with Crippen LogP contribution in [0.4, 0.5) is 13.2 Å².